The zero-order valence-electron chi connectivity index (χ0n) is 20.3. The van der Waals surface area contributed by atoms with Crippen LogP contribution < -0.4 is 0 Å². The zero-order chi connectivity index (χ0) is 22.4. The maximum absolute atomic E-state index is 3.80. The number of hydrogen-bond acceptors (Lipinski definition) is 0. The van der Waals surface area contributed by atoms with Gasteiger partial charge in [0.25, 0.3) is 0 Å². The van der Waals surface area contributed by atoms with Crippen molar-refractivity contribution < 1.29 is 0 Å². The van der Waals surface area contributed by atoms with Crippen LogP contribution >= 0.6 is 0 Å². The Hall–Kier alpha value is -2.26. The first kappa shape index (κ1) is 24.4. The Bertz CT molecular complexity index is 836. The van der Waals surface area contributed by atoms with E-state index in [1.165, 1.54) is 89.0 Å². The van der Waals surface area contributed by atoms with Crippen LogP contribution in [0.1, 0.15) is 106 Å². The lowest BCUT2D eigenvalue weighted by atomic mass is 9.77. The number of rotatable bonds is 11. The highest BCUT2D eigenvalue weighted by atomic mass is 14.3. The molecule has 0 saturated heterocycles. The molecule has 3 rings (SSSR count). The molecule has 0 atom stereocenters. The summed E-state index contributed by atoms with van der Waals surface area (Å²) in [5.41, 5.74) is 4.73. The number of benzene rings is 2. The molecule has 0 radical (unpaired) electrons. The van der Waals surface area contributed by atoms with Crippen LogP contribution in [-0.2, 0) is 6.42 Å². The Morgan fingerprint density at radius 2 is 1.25 bits per heavy atom. The summed E-state index contributed by atoms with van der Waals surface area (Å²) in [6.07, 6.45) is 20.4. The summed E-state index contributed by atoms with van der Waals surface area (Å²) in [4.78, 5) is 0. The summed E-state index contributed by atoms with van der Waals surface area (Å²) >= 11 is 0. The lowest BCUT2D eigenvalue weighted by Gasteiger charge is -2.28. The van der Waals surface area contributed by atoms with Crippen LogP contribution in [0.15, 0.2) is 55.1 Å². The molecule has 0 nitrogen and oxygen atoms in total. The molecule has 2 aromatic rings. The molecule has 0 bridgehead atoms. The minimum atomic E-state index is 0.939. The lowest BCUT2D eigenvalue weighted by molar-refractivity contribution is 0.248. The molecule has 1 aliphatic rings. The van der Waals surface area contributed by atoms with E-state index in [0.717, 1.165) is 28.5 Å². The van der Waals surface area contributed by atoms with E-state index in [-0.39, 0.29) is 0 Å². The SMILES string of the molecule is C=Cc1ccc(C#Cc2ccc(CCC3CCC(CCCCCCCC)CC3)cc2)cc1. The van der Waals surface area contributed by atoms with E-state index in [0.29, 0.717) is 0 Å². The molecule has 0 N–H and O–H groups in total. The first-order chi connectivity index (χ1) is 15.8. The maximum atomic E-state index is 3.80. The molecule has 1 saturated carbocycles. The Balaban J connectivity index is 1.33. The summed E-state index contributed by atoms with van der Waals surface area (Å²) < 4.78 is 0. The van der Waals surface area contributed by atoms with Gasteiger partial charge in [-0.3, -0.25) is 0 Å². The number of aryl methyl sites for hydroxylation is 1. The largest absolute Gasteiger partial charge is 0.0985 e. The highest BCUT2D eigenvalue weighted by Gasteiger charge is 2.20. The number of hydrogen-bond donors (Lipinski definition) is 0. The topological polar surface area (TPSA) is 0 Å². The van der Waals surface area contributed by atoms with E-state index < -0.39 is 0 Å². The lowest BCUT2D eigenvalue weighted by Crippen LogP contribution is -2.15. The molecule has 0 heteroatoms. The molecule has 2 aromatic carbocycles. The zero-order valence-corrected chi connectivity index (χ0v) is 20.3. The summed E-state index contributed by atoms with van der Waals surface area (Å²) in [6.45, 7) is 6.10. The van der Waals surface area contributed by atoms with Crippen molar-refractivity contribution in [1.29, 1.82) is 0 Å². The van der Waals surface area contributed by atoms with Gasteiger partial charge in [0.2, 0.25) is 0 Å². The van der Waals surface area contributed by atoms with Crippen molar-refractivity contribution in [2.45, 2.75) is 90.4 Å². The average Bonchev–Trinajstić information content (AvgIpc) is 2.85. The van der Waals surface area contributed by atoms with Crippen LogP contribution in [0.25, 0.3) is 6.08 Å². The van der Waals surface area contributed by atoms with Gasteiger partial charge in [-0.25, -0.2) is 0 Å². The molecular formula is C32H42. The highest BCUT2D eigenvalue weighted by molar-refractivity contribution is 5.50. The van der Waals surface area contributed by atoms with Crippen molar-refractivity contribution in [2.24, 2.45) is 11.8 Å². The van der Waals surface area contributed by atoms with Crippen molar-refractivity contribution in [3.8, 4) is 11.8 Å². The van der Waals surface area contributed by atoms with Crippen LogP contribution in [-0.4, -0.2) is 0 Å². The second-order valence-electron chi connectivity index (χ2n) is 9.75. The quantitative estimate of drug-likeness (QED) is 0.248. The third-order valence-corrected chi connectivity index (χ3v) is 7.23. The highest BCUT2D eigenvalue weighted by Crippen LogP contribution is 2.34. The molecule has 0 aliphatic heterocycles. The van der Waals surface area contributed by atoms with Crippen LogP contribution in [0.2, 0.25) is 0 Å². The molecule has 0 amide bonds. The average molecular weight is 427 g/mol. The van der Waals surface area contributed by atoms with Gasteiger partial charge in [-0.1, -0.05) is 126 Å². The van der Waals surface area contributed by atoms with Gasteiger partial charge < -0.3 is 0 Å². The van der Waals surface area contributed by atoms with E-state index in [1.807, 2.05) is 6.08 Å². The first-order valence-electron chi connectivity index (χ1n) is 13.1. The van der Waals surface area contributed by atoms with Crippen molar-refractivity contribution in [2.75, 3.05) is 0 Å². The van der Waals surface area contributed by atoms with Gasteiger partial charge in [0.05, 0.1) is 0 Å². The van der Waals surface area contributed by atoms with E-state index in [1.54, 1.807) is 0 Å². The summed E-state index contributed by atoms with van der Waals surface area (Å²) in [5, 5.41) is 0. The van der Waals surface area contributed by atoms with E-state index >= 15 is 0 Å². The number of unbranched alkanes of at least 4 members (excludes halogenated alkanes) is 5. The fourth-order valence-electron chi connectivity index (χ4n) is 4.99. The Kier molecular flexibility index (Phi) is 10.7. The van der Waals surface area contributed by atoms with Crippen LogP contribution in [0, 0.1) is 23.7 Å². The molecule has 0 heterocycles. The van der Waals surface area contributed by atoms with Gasteiger partial charge in [-0.05, 0) is 60.1 Å². The molecule has 0 spiro atoms. The Morgan fingerprint density at radius 3 is 1.84 bits per heavy atom. The smallest absolute Gasteiger partial charge is 0.0249 e. The van der Waals surface area contributed by atoms with Crippen molar-refractivity contribution in [3.05, 3.63) is 77.4 Å². The predicted octanol–water partition coefficient (Wildman–Crippen LogP) is 9.22. The molecule has 0 unspecified atom stereocenters. The van der Waals surface area contributed by atoms with Gasteiger partial charge in [0.15, 0.2) is 0 Å². The van der Waals surface area contributed by atoms with E-state index in [9.17, 15) is 0 Å². The molecule has 0 aromatic heterocycles. The fraction of sp³-hybridized carbons (Fsp3) is 0.500. The fourth-order valence-corrected chi connectivity index (χ4v) is 4.99. The van der Waals surface area contributed by atoms with Crippen molar-refractivity contribution >= 4 is 6.08 Å². The molecule has 170 valence electrons. The third-order valence-electron chi connectivity index (χ3n) is 7.23. The summed E-state index contributed by atoms with van der Waals surface area (Å²) in [5.74, 6) is 8.51. The van der Waals surface area contributed by atoms with Gasteiger partial charge in [-0.15, -0.1) is 0 Å². The molecule has 1 fully saturated rings. The predicted molar refractivity (Wildman–Crippen MR) is 141 cm³/mol. The normalized spacial score (nSPS) is 18.0. The van der Waals surface area contributed by atoms with E-state index in [4.69, 9.17) is 0 Å². The molecular weight excluding hydrogens is 384 g/mol. The van der Waals surface area contributed by atoms with Crippen LogP contribution in [0.5, 0.6) is 0 Å². The maximum Gasteiger partial charge on any atom is 0.0249 e. The Morgan fingerprint density at radius 1 is 0.719 bits per heavy atom. The Labute approximate surface area is 197 Å². The van der Waals surface area contributed by atoms with Crippen molar-refractivity contribution in [1.82, 2.24) is 0 Å². The molecule has 1 aliphatic carbocycles. The van der Waals surface area contributed by atoms with Crippen LogP contribution in [0.3, 0.4) is 0 Å². The summed E-state index contributed by atoms with van der Waals surface area (Å²) in [7, 11) is 0. The second-order valence-corrected chi connectivity index (χ2v) is 9.75. The first-order valence-corrected chi connectivity index (χ1v) is 13.1. The monoisotopic (exact) mass is 426 g/mol. The van der Waals surface area contributed by atoms with Crippen molar-refractivity contribution in [3.63, 3.8) is 0 Å². The van der Waals surface area contributed by atoms with Gasteiger partial charge >= 0.3 is 0 Å². The standard InChI is InChI=1S/C32H42/c1-3-5-6-7-8-9-10-28-15-17-30(18-16-28)21-22-32-25-23-31(24-26-32)20-19-29-13-11-27(4-2)12-14-29/h4,11-14,23-26,28,30H,2-3,5-10,15-18,21-22H2,1H3. The van der Waals surface area contributed by atoms with Gasteiger partial charge in [-0.2, -0.15) is 0 Å². The third kappa shape index (κ3) is 8.70. The second kappa shape index (κ2) is 14.0. The van der Waals surface area contributed by atoms with Crippen LogP contribution in [0.4, 0.5) is 0 Å². The minimum Gasteiger partial charge on any atom is -0.0985 e. The van der Waals surface area contributed by atoms with Gasteiger partial charge in [0.1, 0.15) is 0 Å². The van der Waals surface area contributed by atoms with E-state index in [2.05, 4.69) is 73.9 Å². The molecule has 32 heavy (non-hydrogen) atoms. The minimum absolute atomic E-state index is 0.939. The van der Waals surface area contributed by atoms with Gasteiger partial charge in [0, 0.05) is 11.1 Å². The summed E-state index contributed by atoms with van der Waals surface area (Å²) in [6, 6.07) is 17.1.